The number of nitrogens with one attached hydrogen (secondary N) is 2. The van der Waals surface area contributed by atoms with Gasteiger partial charge in [0.2, 0.25) is 17.7 Å². The average molecular weight is 227 g/mol. The summed E-state index contributed by atoms with van der Waals surface area (Å²) in [5, 5.41) is 4.93. The predicted octanol–water partition coefficient (Wildman–Crippen LogP) is -1.14. The van der Waals surface area contributed by atoms with Crippen LogP contribution in [0.2, 0.25) is 0 Å². The maximum absolute atomic E-state index is 11.7. The zero-order chi connectivity index (χ0) is 12.1. The lowest BCUT2D eigenvalue weighted by atomic mass is 10.2. The monoisotopic (exact) mass is 227 g/mol. The molecular weight excluding hydrogens is 210 g/mol. The third-order valence-electron chi connectivity index (χ3n) is 2.66. The number of amides is 3. The molecule has 0 bridgehead atoms. The molecule has 0 aliphatic carbocycles. The number of hydrogen-bond donors (Lipinski definition) is 2. The average Bonchev–Trinajstić information content (AvgIpc) is 2.74. The molecule has 2 N–H and O–H groups in total. The summed E-state index contributed by atoms with van der Waals surface area (Å²) in [6.07, 6.45) is 1.50. The lowest BCUT2D eigenvalue weighted by molar-refractivity contribution is -0.137. The second-order valence-electron chi connectivity index (χ2n) is 3.76. The van der Waals surface area contributed by atoms with Crippen molar-refractivity contribution in [2.24, 2.45) is 0 Å². The molecular formula is C10H17N3O3. The van der Waals surface area contributed by atoms with Crippen LogP contribution in [0.3, 0.4) is 0 Å². The minimum atomic E-state index is -0.415. The van der Waals surface area contributed by atoms with Crippen LogP contribution in [0.1, 0.15) is 19.8 Å². The Morgan fingerprint density at radius 3 is 2.62 bits per heavy atom. The summed E-state index contributed by atoms with van der Waals surface area (Å²) in [5.41, 5.74) is 0. The van der Waals surface area contributed by atoms with Crippen LogP contribution in [-0.4, -0.2) is 48.8 Å². The number of likely N-dealkylation sites (tertiary alicyclic amines) is 1. The molecule has 1 saturated heterocycles. The standard InChI is InChI=1S/C10H17N3O3/c1-7(14)13-5-3-4-8(13)10(16)12-6-9(15)11-2/h8H,3-6H2,1-2H3,(H,11,15)(H,12,16)/t8-/m1/s1. The molecule has 0 aromatic heterocycles. The van der Waals surface area contributed by atoms with Gasteiger partial charge >= 0.3 is 0 Å². The SMILES string of the molecule is CNC(=O)CNC(=O)[C@H]1CCCN1C(C)=O. The second-order valence-corrected chi connectivity index (χ2v) is 3.76. The van der Waals surface area contributed by atoms with Gasteiger partial charge in [0.15, 0.2) is 0 Å². The number of carbonyl (C=O) groups is 3. The predicted molar refractivity (Wildman–Crippen MR) is 57.5 cm³/mol. The fourth-order valence-electron chi connectivity index (χ4n) is 1.79. The highest BCUT2D eigenvalue weighted by molar-refractivity contribution is 5.90. The number of likely N-dealkylation sites (N-methyl/N-ethyl adjacent to an activating group) is 1. The van der Waals surface area contributed by atoms with Gasteiger partial charge in [0.25, 0.3) is 0 Å². The molecule has 16 heavy (non-hydrogen) atoms. The first-order valence-electron chi connectivity index (χ1n) is 5.31. The van der Waals surface area contributed by atoms with Crippen molar-refractivity contribution in [3.8, 4) is 0 Å². The maximum atomic E-state index is 11.7. The van der Waals surface area contributed by atoms with Gasteiger partial charge in [-0.2, -0.15) is 0 Å². The van der Waals surface area contributed by atoms with Crippen molar-refractivity contribution < 1.29 is 14.4 Å². The molecule has 1 rings (SSSR count). The van der Waals surface area contributed by atoms with Gasteiger partial charge in [-0.3, -0.25) is 14.4 Å². The molecule has 6 heteroatoms. The first-order chi connectivity index (χ1) is 7.56. The molecule has 0 unspecified atom stereocenters. The van der Waals surface area contributed by atoms with Gasteiger partial charge in [0.05, 0.1) is 6.54 Å². The molecule has 0 aromatic carbocycles. The van der Waals surface area contributed by atoms with Crippen LogP contribution in [0.4, 0.5) is 0 Å². The van der Waals surface area contributed by atoms with Gasteiger partial charge < -0.3 is 15.5 Å². The van der Waals surface area contributed by atoms with Crippen molar-refractivity contribution in [3.63, 3.8) is 0 Å². The number of carbonyl (C=O) groups excluding carboxylic acids is 3. The van der Waals surface area contributed by atoms with Gasteiger partial charge in [-0.25, -0.2) is 0 Å². The Balaban J connectivity index is 2.47. The summed E-state index contributed by atoms with van der Waals surface area (Å²) in [5.74, 6) is -0.602. The fourth-order valence-corrected chi connectivity index (χ4v) is 1.79. The molecule has 1 aliphatic heterocycles. The lowest BCUT2D eigenvalue weighted by Gasteiger charge is -2.22. The van der Waals surface area contributed by atoms with E-state index in [4.69, 9.17) is 0 Å². The minimum absolute atomic E-state index is 0.0441. The molecule has 3 amide bonds. The van der Waals surface area contributed by atoms with E-state index < -0.39 is 6.04 Å². The Kier molecular flexibility index (Phi) is 4.28. The summed E-state index contributed by atoms with van der Waals surface area (Å²) in [7, 11) is 1.51. The summed E-state index contributed by atoms with van der Waals surface area (Å²) in [6, 6.07) is -0.415. The highest BCUT2D eigenvalue weighted by Crippen LogP contribution is 2.16. The summed E-state index contributed by atoms with van der Waals surface area (Å²) in [6.45, 7) is 2.02. The van der Waals surface area contributed by atoms with E-state index in [0.29, 0.717) is 13.0 Å². The fraction of sp³-hybridized carbons (Fsp3) is 0.700. The van der Waals surface area contributed by atoms with Crippen LogP contribution in [0.15, 0.2) is 0 Å². The van der Waals surface area contributed by atoms with Gasteiger partial charge in [0, 0.05) is 20.5 Å². The normalized spacial score (nSPS) is 19.4. The Hall–Kier alpha value is -1.59. The van der Waals surface area contributed by atoms with Crippen LogP contribution in [0.25, 0.3) is 0 Å². The quantitative estimate of drug-likeness (QED) is 0.639. The molecule has 1 heterocycles. The van der Waals surface area contributed by atoms with E-state index in [2.05, 4.69) is 10.6 Å². The lowest BCUT2D eigenvalue weighted by Crippen LogP contribution is -2.47. The summed E-state index contributed by atoms with van der Waals surface area (Å²) < 4.78 is 0. The first kappa shape index (κ1) is 12.5. The van der Waals surface area contributed by atoms with Crippen molar-refractivity contribution in [2.75, 3.05) is 20.1 Å². The van der Waals surface area contributed by atoms with Crippen LogP contribution in [-0.2, 0) is 14.4 Å². The Labute approximate surface area is 94.4 Å². The number of rotatable bonds is 3. The molecule has 6 nitrogen and oxygen atoms in total. The van der Waals surface area contributed by atoms with Crippen molar-refractivity contribution in [2.45, 2.75) is 25.8 Å². The highest BCUT2D eigenvalue weighted by atomic mass is 16.2. The van der Waals surface area contributed by atoms with E-state index in [0.717, 1.165) is 6.42 Å². The van der Waals surface area contributed by atoms with Gasteiger partial charge in [0.1, 0.15) is 6.04 Å². The molecule has 1 fully saturated rings. The van der Waals surface area contributed by atoms with Crippen molar-refractivity contribution in [1.82, 2.24) is 15.5 Å². The number of hydrogen-bond acceptors (Lipinski definition) is 3. The smallest absolute Gasteiger partial charge is 0.243 e. The molecule has 1 atom stereocenters. The van der Waals surface area contributed by atoms with Crippen molar-refractivity contribution in [3.05, 3.63) is 0 Å². The Morgan fingerprint density at radius 1 is 1.38 bits per heavy atom. The van der Waals surface area contributed by atoms with Crippen LogP contribution in [0.5, 0.6) is 0 Å². The molecule has 0 radical (unpaired) electrons. The second kappa shape index (κ2) is 5.48. The summed E-state index contributed by atoms with van der Waals surface area (Å²) >= 11 is 0. The van der Waals surface area contributed by atoms with E-state index in [1.54, 1.807) is 4.90 Å². The molecule has 1 aliphatic rings. The molecule has 90 valence electrons. The largest absolute Gasteiger partial charge is 0.358 e. The topological polar surface area (TPSA) is 78.5 Å². The van der Waals surface area contributed by atoms with E-state index in [1.165, 1.54) is 14.0 Å². The maximum Gasteiger partial charge on any atom is 0.243 e. The van der Waals surface area contributed by atoms with Crippen LogP contribution < -0.4 is 10.6 Å². The third-order valence-corrected chi connectivity index (χ3v) is 2.66. The van der Waals surface area contributed by atoms with E-state index in [9.17, 15) is 14.4 Å². The van der Waals surface area contributed by atoms with Gasteiger partial charge in [-0.1, -0.05) is 0 Å². The van der Waals surface area contributed by atoms with Crippen LogP contribution >= 0.6 is 0 Å². The highest BCUT2D eigenvalue weighted by Gasteiger charge is 2.32. The third kappa shape index (κ3) is 2.95. The van der Waals surface area contributed by atoms with Gasteiger partial charge in [-0.05, 0) is 12.8 Å². The molecule has 0 aromatic rings. The van der Waals surface area contributed by atoms with Crippen molar-refractivity contribution in [1.29, 1.82) is 0 Å². The number of nitrogens with zero attached hydrogens (tertiary/aromatic N) is 1. The molecule has 0 saturated carbocycles. The van der Waals surface area contributed by atoms with E-state index in [1.807, 2.05) is 0 Å². The molecule has 0 spiro atoms. The Morgan fingerprint density at radius 2 is 2.06 bits per heavy atom. The van der Waals surface area contributed by atoms with Crippen LogP contribution in [0, 0.1) is 0 Å². The zero-order valence-corrected chi connectivity index (χ0v) is 9.58. The first-order valence-corrected chi connectivity index (χ1v) is 5.31. The van der Waals surface area contributed by atoms with Gasteiger partial charge in [-0.15, -0.1) is 0 Å². The van der Waals surface area contributed by atoms with Crippen molar-refractivity contribution >= 4 is 17.7 Å². The Bertz CT molecular complexity index is 304. The van der Waals surface area contributed by atoms with E-state index >= 15 is 0 Å². The minimum Gasteiger partial charge on any atom is -0.358 e. The zero-order valence-electron chi connectivity index (χ0n) is 9.58. The van der Waals surface area contributed by atoms with E-state index in [-0.39, 0.29) is 24.3 Å². The summed E-state index contributed by atoms with van der Waals surface area (Å²) in [4.78, 5) is 35.4.